The number of rotatable bonds is 10. The van der Waals surface area contributed by atoms with Gasteiger partial charge in [0.1, 0.15) is 17.3 Å². The topological polar surface area (TPSA) is 52.4 Å². The van der Waals surface area contributed by atoms with Crippen LogP contribution >= 0.6 is 0 Å². The maximum atomic E-state index is 5.94. The minimum absolute atomic E-state index is 0.0795. The van der Waals surface area contributed by atoms with Crippen LogP contribution < -0.4 is 4.74 Å². The van der Waals surface area contributed by atoms with Gasteiger partial charge < -0.3 is 14.2 Å². The minimum atomic E-state index is -0.512. The predicted molar refractivity (Wildman–Crippen MR) is 120 cm³/mol. The van der Waals surface area contributed by atoms with Crippen molar-refractivity contribution in [3.63, 3.8) is 0 Å². The van der Waals surface area contributed by atoms with Crippen molar-refractivity contribution in [3.05, 3.63) is 29.8 Å². The van der Waals surface area contributed by atoms with Gasteiger partial charge in [-0.3, -0.25) is 0 Å². The molecule has 0 unspecified atom stereocenters. The summed E-state index contributed by atoms with van der Waals surface area (Å²) in [5.74, 6) is 2.69. The minimum Gasteiger partial charge on any atom is -0.494 e. The average molecular weight is 403 g/mol. The summed E-state index contributed by atoms with van der Waals surface area (Å²) in [5.41, 5.74) is 0.742. The molecule has 1 aromatic rings. The summed E-state index contributed by atoms with van der Waals surface area (Å²) in [6.45, 7) is 14.5. The predicted octanol–water partition coefficient (Wildman–Crippen LogP) is 5.47. The maximum absolute atomic E-state index is 5.94. The molecule has 0 aliphatic carbocycles. The lowest BCUT2D eigenvalue weighted by Gasteiger charge is -2.34. The van der Waals surface area contributed by atoms with Gasteiger partial charge in [-0.25, -0.2) is 9.98 Å². The summed E-state index contributed by atoms with van der Waals surface area (Å²) >= 11 is 0. The number of hydrogen-bond acceptors (Lipinski definition) is 5. The molecule has 0 spiro atoms. The third-order valence-electron chi connectivity index (χ3n) is 5.12. The van der Waals surface area contributed by atoms with E-state index in [0.717, 1.165) is 49.8 Å². The summed E-state index contributed by atoms with van der Waals surface area (Å²) < 4.78 is 17.6. The Kier molecular flexibility index (Phi) is 8.99. The highest BCUT2D eigenvalue weighted by Crippen LogP contribution is 2.29. The molecule has 1 heterocycles. The van der Waals surface area contributed by atoms with E-state index in [0.29, 0.717) is 19.1 Å². The summed E-state index contributed by atoms with van der Waals surface area (Å²) in [6, 6.07) is 8.29. The molecule has 0 saturated heterocycles. The van der Waals surface area contributed by atoms with Crippen molar-refractivity contribution < 1.29 is 14.2 Å². The zero-order valence-electron chi connectivity index (χ0n) is 19.0. The van der Waals surface area contributed by atoms with E-state index in [1.54, 1.807) is 0 Å². The number of benzene rings is 1. The van der Waals surface area contributed by atoms with Gasteiger partial charge in [0.15, 0.2) is 0 Å². The van der Waals surface area contributed by atoms with Gasteiger partial charge in [-0.1, -0.05) is 39.3 Å². The Hall–Kier alpha value is -2.04. The number of hydrogen-bond donors (Lipinski definition) is 0. The summed E-state index contributed by atoms with van der Waals surface area (Å²) in [4.78, 5) is 9.91. The highest BCUT2D eigenvalue weighted by Gasteiger charge is 2.39. The Bertz CT molecular complexity index is 682. The number of aliphatic imine (C=N–C) groups is 2. The van der Waals surface area contributed by atoms with Crippen molar-refractivity contribution in [3.8, 4) is 5.75 Å². The van der Waals surface area contributed by atoms with Crippen molar-refractivity contribution in [1.29, 1.82) is 0 Å². The van der Waals surface area contributed by atoms with Gasteiger partial charge in [-0.05, 0) is 63.6 Å². The Morgan fingerprint density at radius 1 is 1.00 bits per heavy atom. The fourth-order valence-corrected chi connectivity index (χ4v) is 3.34. The molecule has 2 atom stereocenters. The van der Waals surface area contributed by atoms with Crippen LogP contribution in [-0.4, -0.2) is 43.2 Å². The molecule has 5 nitrogen and oxygen atoms in total. The molecule has 1 aromatic carbocycles. The van der Waals surface area contributed by atoms with Crippen LogP contribution in [-0.2, 0) is 15.9 Å². The largest absolute Gasteiger partial charge is 0.494 e. The van der Waals surface area contributed by atoms with Crippen LogP contribution in [0.3, 0.4) is 0 Å². The van der Waals surface area contributed by atoms with Crippen molar-refractivity contribution in [2.45, 2.75) is 78.8 Å². The smallest absolute Gasteiger partial charge is 0.212 e. The fraction of sp³-hybridized carbons (Fsp3) is 0.667. The third kappa shape index (κ3) is 6.48. The van der Waals surface area contributed by atoms with Crippen LogP contribution in [0.2, 0.25) is 0 Å². The fourth-order valence-electron chi connectivity index (χ4n) is 3.34. The Morgan fingerprint density at radius 2 is 1.69 bits per heavy atom. The average Bonchev–Trinajstić information content (AvgIpc) is 2.70. The molecule has 0 aromatic heterocycles. The van der Waals surface area contributed by atoms with E-state index in [4.69, 9.17) is 24.2 Å². The quantitative estimate of drug-likeness (QED) is 0.488. The van der Waals surface area contributed by atoms with E-state index in [-0.39, 0.29) is 6.04 Å². The van der Waals surface area contributed by atoms with Crippen LogP contribution in [0, 0.1) is 5.92 Å². The van der Waals surface area contributed by atoms with Gasteiger partial charge in [0.2, 0.25) is 11.8 Å². The zero-order valence-corrected chi connectivity index (χ0v) is 19.0. The van der Waals surface area contributed by atoms with E-state index in [2.05, 4.69) is 52.0 Å². The van der Waals surface area contributed by atoms with E-state index in [1.165, 1.54) is 5.56 Å². The summed E-state index contributed by atoms with van der Waals surface area (Å²) in [6.07, 6.45) is 3.91. The highest BCUT2D eigenvalue weighted by molar-refractivity contribution is 5.96. The molecule has 1 aliphatic heterocycles. The van der Waals surface area contributed by atoms with Crippen LogP contribution in [0.15, 0.2) is 34.3 Å². The SMILES string of the molecule is CCCCOc1ccc(CC[C@@]2(C)N=C(OCC)[C@H](C(C)C)N=C2OCC)cc1. The lowest BCUT2D eigenvalue weighted by Crippen LogP contribution is -2.45. The molecule has 0 bridgehead atoms. The second kappa shape index (κ2) is 11.2. The van der Waals surface area contributed by atoms with E-state index < -0.39 is 5.54 Å². The van der Waals surface area contributed by atoms with Crippen molar-refractivity contribution in [2.24, 2.45) is 15.9 Å². The van der Waals surface area contributed by atoms with E-state index in [9.17, 15) is 0 Å². The van der Waals surface area contributed by atoms with E-state index >= 15 is 0 Å². The molecule has 0 saturated carbocycles. The maximum Gasteiger partial charge on any atom is 0.212 e. The molecule has 5 heteroatoms. The molecule has 0 radical (unpaired) electrons. The van der Waals surface area contributed by atoms with Gasteiger partial charge in [0, 0.05) is 0 Å². The number of unbranched alkanes of at least 4 members (excludes halogenated alkanes) is 1. The van der Waals surface area contributed by atoms with Crippen LogP contribution in [0.25, 0.3) is 0 Å². The zero-order chi connectivity index (χ0) is 21.3. The lowest BCUT2D eigenvalue weighted by molar-refractivity contribution is 0.256. The van der Waals surface area contributed by atoms with Crippen molar-refractivity contribution in [1.82, 2.24) is 0 Å². The van der Waals surface area contributed by atoms with Gasteiger partial charge in [-0.2, -0.15) is 0 Å². The Labute approximate surface area is 176 Å². The molecule has 162 valence electrons. The van der Waals surface area contributed by atoms with Gasteiger partial charge in [-0.15, -0.1) is 0 Å². The second-order valence-electron chi connectivity index (χ2n) is 8.06. The normalized spacial score (nSPS) is 21.6. The molecule has 29 heavy (non-hydrogen) atoms. The first-order chi connectivity index (χ1) is 13.9. The molecular weight excluding hydrogens is 364 g/mol. The third-order valence-corrected chi connectivity index (χ3v) is 5.12. The molecule has 0 fully saturated rings. The number of aryl methyl sites for hydroxylation is 1. The monoisotopic (exact) mass is 402 g/mol. The first kappa shape index (κ1) is 23.2. The standard InChI is InChI=1S/C24H38N2O3/c1-7-10-17-29-20-13-11-19(12-14-20)15-16-24(6)23(28-9-3)25-21(18(4)5)22(26-24)27-8-2/h11-14,18,21H,7-10,15-17H2,1-6H3/t21-,24+/m0/s1. The highest BCUT2D eigenvalue weighted by atomic mass is 16.5. The molecular formula is C24H38N2O3. The van der Waals surface area contributed by atoms with Gasteiger partial charge >= 0.3 is 0 Å². The molecule has 1 aliphatic rings. The van der Waals surface area contributed by atoms with Crippen molar-refractivity contribution in [2.75, 3.05) is 19.8 Å². The van der Waals surface area contributed by atoms with Crippen LogP contribution in [0.4, 0.5) is 0 Å². The lowest BCUT2D eigenvalue weighted by atomic mass is 9.90. The number of nitrogens with zero attached hydrogens (tertiary/aromatic N) is 2. The summed E-state index contributed by atoms with van der Waals surface area (Å²) in [5, 5.41) is 0. The molecule has 2 rings (SSSR count). The van der Waals surface area contributed by atoms with Gasteiger partial charge in [0.25, 0.3) is 0 Å². The summed E-state index contributed by atoms with van der Waals surface area (Å²) in [7, 11) is 0. The van der Waals surface area contributed by atoms with E-state index in [1.807, 2.05) is 13.8 Å². The molecule has 0 amide bonds. The Balaban J connectivity index is 2.12. The molecule has 0 N–H and O–H groups in total. The first-order valence-corrected chi connectivity index (χ1v) is 11.1. The number of ether oxygens (including phenoxy) is 3. The second-order valence-corrected chi connectivity index (χ2v) is 8.06. The van der Waals surface area contributed by atoms with Gasteiger partial charge in [0.05, 0.1) is 19.8 Å². The van der Waals surface area contributed by atoms with Crippen LogP contribution in [0.5, 0.6) is 5.75 Å². The van der Waals surface area contributed by atoms with Crippen molar-refractivity contribution >= 4 is 11.8 Å². The van der Waals surface area contributed by atoms with Crippen LogP contribution in [0.1, 0.15) is 66.4 Å². The first-order valence-electron chi connectivity index (χ1n) is 11.1. The Morgan fingerprint density at radius 3 is 2.28 bits per heavy atom.